The molecule has 1 aromatic carbocycles. The van der Waals surface area contributed by atoms with Crippen LogP contribution in [0.5, 0.6) is 0 Å². The molecule has 4 nitrogen and oxygen atoms in total. The highest BCUT2D eigenvalue weighted by atomic mass is 16.2. The van der Waals surface area contributed by atoms with Gasteiger partial charge in [0.15, 0.2) is 0 Å². The lowest BCUT2D eigenvalue weighted by Crippen LogP contribution is -2.37. The summed E-state index contributed by atoms with van der Waals surface area (Å²) in [6.45, 7) is 7.69. The second-order valence-corrected chi connectivity index (χ2v) is 9.21. The van der Waals surface area contributed by atoms with E-state index in [1.54, 1.807) is 0 Å². The summed E-state index contributed by atoms with van der Waals surface area (Å²) in [5.41, 5.74) is 3.74. The number of aryl methyl sites for hydroxylation is 1. The van der Waals surface area contributed by atoms with Crippen molar-refractivity contribution in [2.45, 2.75) is 46.5 Å². The molecule has 1 amide bonds. The van der Waals surface area contributed by atoms with Crippen LogP contribution in [0, 0.1) is 29.6 Å². The second kappa shape index (κ2) is 7.73. The van der Waals surface area contributed by atoms with E-state index in [1.807, 2.05) is 0 Å². The summed E-state index contributed by atoms with van der Waals surface area (Å²) in [7, 11) is 2.13. The Hall–Kier alpha value is -2.10. The Morgan fingerprint density at radius 1 is 1.29 bits per heavy atom. The van der Waals surface area contributed by atoms with Gasteiger partial charge in [0.25, 0.3) is 0 Å². The molecule has 3 atom stereocenters. The molecule has 1 heterocycles. The summed E-state index contributed by atoms with van der Waals surface area (Å²) in [5.74, 6) is 3.89. The summed E-state index contributed by atoms with van der Waals surface area (Å²) in [4.78, 5) is 17.0. The van der Waals surface area contributed by atoms with E-state index in [2.05, 4.69) is 68.0 Å². The van der Waals surface area contributed by atoms with Crippen LogP contribution in [-0.4, -0.2) is 22.0 Å². The van der Waals surface area contributed by atoms with E-state index in [9.17, 15) is 4.79 Å². The van der Waals surface area contributed by atoms with E-state index in [-0.39, 0.29) is 11.8 Å². The molecular weight excluding hydrogens is 346 g/mol. The van der Waals surface area contributed by atoms with Crippen LogP contribution in [0.15, 0.2) is 35.9 Å². The number of aromatic nitrogens is 2. The SMILES string of the molecule is CC1=C[C@@H](CNC(=O)C2CC2)[C@H](C(C)C)C[C@H]1Cc1nc2ccccc2n1C. The zero-order chi connectivity index (χ0) is 19.8. The predicted octanol–water partition coefficient (Wildman–Crippen LogP) is 4.50. The van der Waals surface area contributed by atoms with Crippen LogP contribution in [-0.2, 0) is 18.3 Å². The van der Waals surface area contributed by atoms with E-state index in [1.165, 1.54) is 23.3 Å². The Morgan fingerprint density at radius 2 is 2.04 bits per heavy atom. The van der Waals surface area contributed by atoms with E-state index in [0.29, 0.717) is 23.7 Å². The highest BCUT2D eigenvalue weighted by molar-refractivity contribution is 5.80. The number of rotatable bonds is 6. The summed E-state index contributed by atoms with van der Waals surface area (Å²) >= 11 is 0. The molecule has 0 spiro atoms. The van der Waals surface area contributed by atoms with Crippen molar-refractivity contribution in [2.75, 3.05) is 6.54 Å². The van der Waals surface area contributed by atoms with Crippen molar-refractivity contribution in [3.63, 3.8) is 0 Å². The van der Waals surface area contributed by atoms with Crippen molar-refractivity contribution in [3.05, 3.63) is 41.7 Å². The van der Waals surface area contributed by atoms with Gasteiger partial charge in [0.2, 0.25) is 5.91 Å². The molecule has 2 aliphatic rings. The molecule has 0 saturated heterocycles. The molecule has 0 unspecified atom stereocenters. The van der Waals surface area contributed by atoms with E-state index >= 15 is 0 Å². The largest absolute Gasteiger partial charge is 0.355 e. The van der Waals surface area contributed by atoms with Crippen molar-refractivity contribution in [1.29, 1.82) is 0 Å². The molecule has 4 heteroatoms. The first-order chi connectivity index (χ1) is 13.4. The monoisotopic (exact) mass is 379 g/mol. The number of imidazole rings is 1. The number of para-hydroxylation sites is 2. The number of hydrogen-bond donors (Lipinski definition) is 1. The molecule has 28 heavy (non-hydrogen) atoms. The van der Waals surface area contributed by atoms with Gasteiger partial charge in [0, 0.05) is 25.9 Å². The Balaban J connectivity index is 1.50. The molecule has 1 N–H and O–H groups in total. The van der Waals surface area contributed by atoms with Crippen LogP contribution in [0.1, 0.15) is 45.9 Å². The molecule has 2 aliphatic carbocycles. The van der Waals surface area contributed by atoms with Crippen LogP contribution in [0.3, 0.4) is 0 Å². The third-order valence-corrected chi connectivity index (χ3v) is 6.85. The third-order valence-electron chi connectivity index (χ3n) is 6.85. The Kier molecular flexibility index (Phi) is 5.31. The summed E-state index contributed by atoms with van der Waals surface area (Å²) < 4.78 is 2.24. The van der Waals surface area contributed by atoms with Crippen LogP contribution < -0.4 is 5.32 Å². The highest BCUT2D eigenvalue weighted by Crippen LogP contribution is 2.39. The van der Waals surface area contributed by atoms with Gasteiger partial charge in [-0.15, -0.1) is 0 Å². The fourth-order valence-electron chi connectivity index (χ4n) is 4.81. The molecule has 0 aliphatic heterocycles. The lowest BCUT2D eigenvalue weighted by atomic mass is 9.69. The summed E-state index contributed by atoms with van der Waals surface area (Å²) in [6, 6.07) is 8.37. The van der Waals surface area contributed by atoms with E-state index < -0.39 is 0 Å². The molecule has 1 aromatic heterocycles. The van der Waals surface area contributed by atoms with Gasteiger partial charge in [-0.3, -0.25) is 4.79 Å². The first kappa shape index (κ1) is 19.2. The zero-order valence-corrected chi connectivity index (χ0v) is 17.6. The van der Waals surface area contributed by atoms with Crippen LogP contribution in [0.4, 0.5) is 0 Å². The standard InChI is InChI=1S/C24H33N3O/c1-15(2)20-12-18(13-23-26-21-7-5-6-8-22(21)27(23)4)16(3)11-19(20)14-25-24(28)17-9-10-17/h5-8,11,15,17-20H,9-10,12-14H2,1-4H3,(H,25,28)/t18-,19-,20-/m0/s1. The van der Waals surface area contributed by atoms with Crippen molar-refractivity contribution in [1.82, 2.24) is 14.9 Å². The van der Waals surface area contributed by atoms with E-state index in [4.69, 9.17) is 4.98 Å². The summed E-state index contributed by atoms with van der Waals surface area (Å²) in [6.07, 6.45) is 6.73. The van der Waals surface area contributed by atoms with Gasteiger partial charge in [-0.25, -0.2) is 4.98 Å². The van der Waals surface area contributed by atoms with Gasteiger partial charge in [-0.1, -0.05) is 37.6 Å². The Bertz CT molecular complexity index is 890. The molecule has 2 aromatic rings. The lowest BCUT2D eigenvalue weighted by molar-refractivity contribution is -0.122. The number of benzene rings is 1. The average Bonchev–Trinajstić information content (AvgIpc) is 3.47. The van der Waals surface area contributed by atoms with E-state index in [0.717, 1.165) is 31.3 Å². The van der Waals surface area contributed by atoms with Crippen LogP contribution in [0.2, 0.25) is 0 Å². The number of fused-ring (bicyclic) bond motifs is 1. The number of carbonyl (C=O) groups is 1. The Morgan fingerprint density at radius 3 is 2.71 bits per heavy atom. The van der Waals surface area contributed by atoms with Crippen molar-refractivity contribution < 1.29 is 4.79 Å². The number of allylic oxidation sites excluding steroid dienone is 1. The van der Waals surface area contributed by atoms with Gasteiger partial charge in [0.1, 0.15) is 5.82 Å². The third kappa shape index (κ3) is 3.87. The number of nitrogens with one attached hydrogen (secondary N) is 1. The molecular formula is C24H33N3O. The van der Waals surface area contributed by atoms with Crippen molar-refractivity contribution in [2.24, 2.45) is 36.6 Å². The maximum Gasteiger partial charge on any atom is 0.223 e. The average molecular weight is 380 g/mol. The quantitative estimate of drug-likeness (QED) is 0.752. The van der Waals surface area contributed by atoms with Crippen LogP contribution >= 0.6 is 0 Å². The molecule has 0 radical (unpaired) electrons. The first-order valence-electron chi connectivity index (χ1n) is 10.8. The highest BCUT2D eigenvalue weighted by Gasteiger charge is 2.34. The van der Waals surface area contributed by atoms with Crippen molar-refractivity contribution >= 4 is 16.9 Å². The molecule has 1 saturated carbocycles. The van der Waals surface area contributed by atoms with Gasteiger partial charge in [-0.05, 0) is 62.0 Å². The summed E-state index contributed by atoms with van der Waals surface area (Å²) in [5, 5.41) is 3.21. The minimum atomic E-state index is 0.260. The zero-order valence-electron chi connectivity index (χ0n) is 17.6. The minimum absolute atomic E-state index is 0.260. The lowest BCUT2D eigenvalue weighted by Gasteiger charge is -2.37. The van der Waals surface area contributed by atoms with Crippen molar-refractivity contribution in [3.8, 4) is 0 Å². The number of amides is 1. The van der Waals surface area contributed by atoms with Gasteiger partial charge < -0.3 is 9.88 Å². The smallest absolute Gasteiger partial charge is 0.223 e. The molecule has 0 bridgehead atoms. The van der Waals surface area contributed by atoms with Gasteiger partial charge in [0.05, 0.1) is 11.0 Å². The fraction of sp³-hybridized carbons (Fsp3) is 0.583. The molecule has 150 valence electrons. The maximum atomic E-state index is 12.1. The predicted molar refractivity (Wildman–Crippen MR) is 114 cm³/mol. The van der Waals surface area contributed by atoms with Gasteiger partial charge >= 0.3 is 0 Å². The number of hydrogen-bond acceptors (Lipinski definition) is 2. The maximum absolute atomic E-state index is 12.1. The first-order valence-corrected chi connectivity index (χ1v) is 10.8. The van der Waals surface area contributed by atoms with Gasteiger partial charge in [-0.2, -0.15) is 0 Å². The van der Waals surface area contributed by atoms with Crippen LogP contribution in [0.25, 0.3) is 11.0 Å². The normalized spacial score (nSPS) is 25.2. The minimum Gasteiger partial charge on any atom is -0.355 e. The number of nitrogens with zero attached hydrogens (tertiary/aromatic N) is 2. The second-order valence-electron chi connectivity index (χ2n) is 9.21. The molecule has 4 rings (SSSR count). The Labute approximate surface area is 168 Å². The molecule has 1 fully saturated rings. The topological polar surface area (TPSA) is 46.9 Å². The number of carbonyl (C=O) groups excluding carboxylic acids is 1. The fourth-order valence-corrected chi connectivity index (χ4v) is 4.81.